The standard InChI is InChI=1S/C21H23F2N3O4/c22-16-3-1-2-14(20(16)23)12-26-15(6-7-19(26)28)11-18(27)25-17(10-13-4-5-13)21(29)30-9-8-24/h1-3,13,15,17H,4-7,9-12H2,(H,25,27)/t15-,17-/m0/s1. The Morgan fingerprint density at radius 3 is 2.77 bits per heavy atom. The van der Waals surface area contributed by atoms with Crippen LogP contribution in [0.25, 0.3) is 0 Å². The van der Waals surface area contributed by atoms with Crippen molar-refractivity contribution < 1.29 is 27.9 Å². The normalized spacial score (nSPS) is 19.3. The van der Waals surface area contributed by atoms with Gasteiger partial charge in [0.25, 0.3) is 0 Å². The molecule has 2 atom stereocenters. The van der Waals surface area contributed by atoms with E-state index in [1.165, 1.54) is 17.0 Å². The molecule has 1 aromatic rings. The first-order chi connectivity index (χ1) is 14.4. The van der Waals surface area contributed by atoms with Gasteiger partial charge in [-0.15, -0.1) is 0 Å². The van der Waals surface area contributed by atoms with E-state index in [1.54, 1.807) is 6.07 Å². The van der Waals surface area contributed by atoms with E-state index in [1.807, 2.05) is 0 Å². The van der Waals surface area contributed by atoms with Gasteiger partial charge in [-0.3, -0.25) is 9.59 Å². The molecule has 3 rings (SSSR count). The van der Waals surface area contributed by atoms with Gasteiger partial charge in [-0.25, -0.2) is 13.6 Å². The predicted molar refractivity (Wildman–Crippen MR) is 100 cm³/mol. The maximum atomic E-state index is 14.0. The Kier molecular flexibility index (Phi) is 6.98. The Labute approximate surface area is 173 Å². The van der Waals surface area contributed by atoms with Crippen molar-refractivity contribution in [1.29, 1.82) is 5.26 Å². The van der Waals surface area contributed by atoms with Crippen molar-refractivity contribution in [3.63, 3.8) is 0 Å². The van der Waals surface area contributed by atoms with Crippen LogP contribution in [-0.2, 0) is 25.7 Å². The number of benzene rings is 1. The summed E-state index contributed by atoms with van der Waals surface area (Å²) in [6.45, 7) is -0.518. The number of nitrogens with one attached hydrogen (secondary N) is 1. The molecule has 1 aromatic carbocycles. The Bertz CT molecular complexity index is 866. The molecule has 160 valence electrons. The monoisotopic (exact) mass is 419 g/mol. The summed E-state index contributed by atoms with van der Waals surface area (Å²) in [4.78, 5) is 38.3. The molecule has 30 heavy (non-hydrogen) atoms. The van der Waals surface area contributed by atoms with Crippen molar-refractivity contribution in [2.75, 3.05) is 6.61 Å². The van der Waals surface area contributed by atoms with E-state index in [0.29, 0.717) is 18.8 Å². The third-order valence-corrected chi connectivity index (χ3v) is 5.41. The maximum Gasteiger partial charge on any atom is 0.329 e. The molecule has 2 aliphatic rings. The molecule has 2 amide bonds. The summed E-state index contributed by atoms with van der Waals surface area (Å²) < 4.78 is 32.3. The average Bonchev–Trinajstić information content (AvgIpc) is 3.47. The van der Waals surface area contributed by atoms with Gasteiger partial charge in [0, 0.05) is 31.0 Å². The van der Waals surface area contributed by atoms with Crippen molar-refractivity contribution in [2.24, 2.45) is 5.92 Å². The lowest BCUT2D eigenvalue weighted by Gasteiger charge is -2.25. The van der Waals surface area contributed by atoms with E-state index in [2.05, 4.69) is 5.32 Å². The fourth-order valence-corrected chi connectivity index (χ4v) is 3.65. The molecule has 9 heteroatoms. The number of rotatable bonds is 9. The highest BCUT2D eigenvalue weighted by atomic mass is 19.2. The first-order valence-electron chi connectivity index (χ1n) is 9.94. The van der Waals surface area contributed by atoms with Crippen LogP contribution < -0.4 is 5.32 Å². The molecule has 1 aliphatic heterocycles. The molecule has 0 unspecified atom stereocenters. The van der Waals surface area contributed by atoms with Crippen LogP contribution in [0.2, 0.25) is 0 Å². The molecule has 0 aromatic heterocycles. The van der Waals surface area contributed by atoms with Crippen LogP contribution in [-0.4, -0.2) is 41.4 Å². The third-order valence-electron chi connectivity index (χ3n) is 5.41. The molecule has 7 nitrogen and oxygen atoms in total. The zero-order chi connectivity index (χ0) is 21.7. The van der Waals surface area contributed by atoms with Gasteiger partial charge in [0.05, 0.1) is 0 Å². The van der Waals surface area contributed by atoms with Gasteiger partial charge < -0.3 is 15.0 Å². The van der Waals surface area contributed by atoms with Crippen molar-refractivity contribution in [3.8, 4) is 6.07 Å². The number of likely N-dealkylation sites (tertiary alicyclic amines) is 1. The fourth-order valence-electron chi connectivity index (χ4n) is 3.65. The lowest BCUT2D eigenvalue weighted by molar-refractivity contribution is -0.147. The summed E-state index contributed by atoms with van der Waals surface area (Å²) in [7, 11) is 0. The number of amides is 2. The number of carbonyl (C=O) groups excluding carboxylic acids is 3. The van der Waals surface area contributed by atoms with E-state index in [4.69, 9.17) is 10.00 Å². The zero-order valence-corrected chi connectivity index (χ0v) is 16.4. The lowest BCUT2D eigenvalue weighted by Crippen LogP contribution is -2.44. The van der Waals surface area contributed by atoms with Gasteiger partial charge >= 0.3 is 5.97 Å². The highest BCUT2D eigenvalue weighted by Gasteiger charge is 2.35. The van der Waals surface area contributed by atoms with Gasteiger partial charge in [0.15, 0.2) is 18.2 Å². The number of esters is 1. The van der Waals surface area contributed by atoms with Gasteiger partial charge in [0.1, 0.15) is 12.1 Å². The summed E-state index contributed by atoms with van der Waals surface area (Å²) in [6.07, 6.45) is 2.96. The fraction of sp³-hybridized carbons (Fsp3) is 0.524. The number of carbonyl (C=O) groups is 3. The van der Waals surface area contributed by atoms with Gasteiger partial charge in [-0.1, -0.05) is 25.0 Å². The minimum Gasteiger partial charge on any atom is -0.449 e. The van der Waals surface area contributed by atoms with Gasteiger partial charge in [0.2, 0.25) is 11.8 Å². The number of ether oxygens (including phenoxy) is 1. The Morgan fingerprint density at radius 2 is 2.07 bits per heavy atom. The first kappa shape index (κ1) is 21.7. The van der Waals surface area contributed by atoms with Crippen LogP contribution >= 0.6 is 0 Å². The molecule has 1 N–H and O–H groups in total. The van der Waals surface area contributed by atoms with Crippen LogP contribution in [0.4, 0.5) is 8.78 Å². The van der Waals surface area contributed by atoms with Crippen LogP contribution in [0, 0.1) is 28.9 Å². The van der Waals surface area contributed by atoms with E-state index in [9.17, 15) is 23.2 Å². The molecule has 1 saturated heterocycles. The van der Waals surface area contributed by atoms with E-state index in [0.717, 1.165) is 18.9 Å². The highest BCUT2D eigenvalue weighted by molar-refractivity contribution is 5.86. The topological polar surface area (TPSA) is 99.5 Å². The smallest absolute Gasteiger partial charge is 0.329 e. The summed E-state index contributed by atoms with van der Waals surface area (Å²) in [6, 6.07) is 4.17. The molecular formula is C21H23F2N3O4. The number of halogens is 2. The molecule has 0 spiro atoms. The maximum absolute atomic E-state index is 14.0. The summed E-state index contributed by atoms with van der Waals surface area (Å²) >= 11 is 0. The molecule has 0 radical (unpaired) electrons. The number of nitriles is 1. The van der Waals surface area contributed by atoms with Crippen LogP contribution in [0.1, 0.15) is 44.1 Å². The first-order valence-corrected chi connectivity index (χ1v) is 9.94. The summed E-state index contributed by atoms with van der Waals surface area (Å²) in [5.41, 5.74) is 0.0438. The van der Waals surface area contributed by atoms with Crippen LogP contribution in [0.15, 0.2) is 18.2 Å². The van der Waals surface area contributed by atoms with Gasteiger partial charge in [-0.2, -0.15) is 5.26 Å². The Hall–Kier alpha value is -3.02. The SMILES string of the molecule is N#CCOC(=O)[C@H](CC1CC1)NC(=O)C[C@@H]1CCC(=O)N1Cc1cccc(F)c1F. The average molecular weight is 419 g/mol. The minimum atomic E-state index is -1.01. The number of hydrogen-bond donors (Lipinski definition) is 1. The van der Waals surface area contributed by atoms with Crippen LogP contribution in [0.3, 0.4) is 0 Å². The van der Waals surface area contributed by atoms with E-state index >= 15 is 0 Å². The lowest BCUT2D eigenvalue weighted by atomic mass is 10.1. The second-order valence-electron chi connectivity index (χ2n) is 7.70. The second-order valence-corrected chi connectivity index (χ2v) is 7.70. The van der Waals surface area contributed by atoms with Crippen LogP contribution in [0.5, 0.6) is 0 Å². The molecule has 2 fully saturated rings. The molecule has 1 heterocycles. The number of nitrogens with zero attached hydrogens (tertiary/aromatic N) is 2. The molecule has 1 aliphatic carbocycles. The molecule has 1 saturated carbocycles. The zero-order valence-electron chi connectivity index (χ0n) is 16.4. The quantitative estimate of drug-likeness (QED) is 0.619. The van der Waals surface area contributed by atoms with Crippen molar-refractivity contribution >= 4 is 17.8 Å². The summed E-state index contributed by atoms with van der Waals surface area (Å²) in [5, 5.41) is 11.2. The largest absolute Gasteiger partial charge is 0.449 e. The molecule has 0 bridgehead atoms. The van der Waals surface area contributed by atoms with Gasteiger partial charge in [-0.05, 0) is 24.8 Å². The predicted octanol–water partition coefficient (Wildman–Crippen LogP) is 2.20. The minimum absolute atomic E-state index is 0.0438. The highest BCUT2D eigenvalue weighted by Crippen LogP contribution is 2.34. The van der Waals surface area contributed by atoms with E-state index < -0.39 is 35.6 Å². The van der Waals surface area contributed by atoms with E-state index in [-0.39, 0.29) is 37.5 Å². The van der Waals surface area contributed by atoms with Crippen molar-refractivity contribution in [2.45, 2.75) is 57.2 Å². The Balaban J connectivity index is 1.62. The summed E-state index contributed by atoms with van der Waals surface area (Å²) in [5.74, 6) is -2.99. The second kappa shape index (κ2) is 9.65. The Morgan fingerprint density at radius 1 is 1.30 bits per heavy atom. The van der Waals surface area contributed by atoms with Crippen molar-refractivity contribution in [3.05, 3.63) is 35.4 Å². The molecular weight excluding hydrogens is 396 g/mol. The third kappa shape index (κ3) is 5.53. The number of hydrogen-bond acceptors (Lipinski definition) is 5. The van der Waals surface area contributed by atoms with Crippen molar-refractivity contribution in [1.82, 2.24) is 10.2 Å².